The SMILES string of the molecule is CCOC(=O)[C@@H]1CC(=O)N(c2ccc(-c3nc4cc(Cl)cc(Cl)c4o3)cc2)C1. The Morgan fingerprint density at radius 2 is 2.04 bits per heavy atom. The number of hydrogen-bond acceptors (Lipinski definition) is 5. The van der Waals surface area contributed by atoms with Crippen LogP contribution < -0.4 is 4.90 Å². The van der Waals surface area contributed by atoms with Crippen molar-refractivity contribution in [2.75, 3.05) is 18.1 Å². The minimum atomic E-state index is -0.434. The Labute approximate surface area is 171 Å². The van der Waals surface area contributed by atoms with Gasteiger partial charge in [0.25, 0.3) is 0 Å². The molecule has 0 aliphatic carbocycles. The molecule has 1 saturated heterocycles. The van der Waals surface area contributed by atoms with Crippen LogP contribution in [0, 0.1) is 5.92 Å². The molecule has 1 aromatic heterocycles. The number of benzene rings is 2. The Morgan fingerprint density at radius 1 is 1.29 bits per heavy atom. The molecule has 8 heteroatoms. The van der Waals surface area contributed by atoms with Crippen LogP contribution in [0.25, 0.3) is 22.6 Å². The molecule has 0 radical (unpaired) electrons. The first-order valence-electron chi connectivity index (χ1n) is 8.79. The van der Waals surface area contributed by atoms with Gasteiger partial charge >= 0.3 is 5.97 Å². The molecule has 2 heterocycles. The summed E-state index contributed by atoms with van der Waals surface area (Å²) in [6, 6.07) is 10.5. The standard InChI is InChI=1S/C20H16Cl2N2O4/c1-2-27-20(26)12-7-17(25)24(10-12)14-5-3-11(4-6-14)19-23-16-9-13(21)8-15(22)18(16)28-19/h3-6,8-9,12H,2,7,10H2,1H3/t12-/m1/s1. The molecular weight excluding hydrogens is 403 g/mol. The molecule has 28 heavy (non-hydrogen) atoms. The Kier molecular flexibility index (Phi) is 5.00. The third-order valence-electron chi connectivity index (χ3n) is 4.58. The van der Waals surface area contributed by atoms with Crippen LogP contribution in [-0.2, 0) is 14.3 Å². The van der Waals surface area contributed by atoms with Gasteiger partial charge in [0, 0.05) is 29.2 Å². The van der Waals surface area contributed by atoms with Gasteiger partial charge < -0.3 is 14.1 Å². The highest BCUT2D eigenvalue weighted by Gasteiger charge is 2.36. The first-order valence-corrected chi connectivity index (χ1v) is 9.55. The lowest BCUT2D eigenvalue weighted by Crippen LogP contribution is -2.26. The molecule has 1 aliphatic heterocycles. The lowest BCUT2D eigenvalue weighted by Gasteiger charge is -2.16. The van der Waals surface area contributed by atoms with Gasteiger partial charge in [0.1, 0.15) is 5.52 Å². The van der Waals surface area contributed by atoms with E-state index in [4.69, 9.17) is 32.4 Å². The van der Waals surface area contributed by atoms with Gasteiger partial charge in [-0.2, -0.15) is 0 Å². The van der Waals surface area contributed by atoms with Crippen LogP contribution in [0.5, 0.6) is 0 Å². The Balaban J connectivity index is 1.57. The van der Waals surface area contributed by atoms with Crippen LogP contribution >= 0.6 is 23.2 Å². The second-order valence-corrected chi connectivity index (χ2v) is 7.30. The molecule has 0 spiro atoms. The topological polar surface area (TPSA) is 72.6 Å². The van der Waals surface area contributed by atoms with Crippen molar-refractivity contribution in [3.05, 3.63) is 46.4 Å². The number of aromatic nitrogens is 1. The molecule has 4 rings (SSSR count). The highest BCUT2D eigenvalue weighted by molar-refractivity contribution is 6.38. The zero-order chi connectivity index (χ0) is 19.8. The maximum Gasteiger partial charge on any atom is 0.311 e. The third-order valence-corrected chi connectivity index (χ3v) is 5.08. The summed E-state index contributed by atoms with van der Waals surface area (Å²) < 4.78 is 10.8. The van der Waals surface area contributed by atoms with Crippen molar-refractivity contribution >= 4 is 51.9 Å². The number of fused-ring (bicyclic) bond motifs is 1. The van der Waals surface area contributed by atoms with Crippen molar-refractivity contribution < 1.29 is 18.7 Å². The summed E-state index contributed by atoms with van der Waals surface area (Å²) in [7, 11) is 0. The van der Waals surface area contributed by atoms with Gasteiger partial charge in [-0.25, -0.2) is 4.98 Å². The summed E-state index contributed by atoms with van der Waals surface area (Å²) in [6.07, 6.45) is 0.158. The smallest absolute Gasteiger partial charge is 0.311 e. The Morgan fingerprint density at radius 3 is 2.75 bits per heavy atom. The van der Waals surface area contributed by atoms with E-state index in [-0.39, 0.29) is 18.3 Å². The number of halogens is 2. The fraction of sp³-hybridized carbons (Fsp3) is 0.250. The number of amides is 1. The molecule has 1 aliphatic rings. The minimum Gasteiger partial charge on any atom is -0.466 e. The summed E-state index contributed by atoms with van der Waals surface area (Å²) in [5, 5.41) is 0.877. The van der Waals surface area contributed by atoms with Crippen LogP contribution in [-0.4, -0.2) is 30.0 Å². The molecular formula is C20H16Cl2N2O4. The van der Waals surface area contributed by atoms with Gasteiger partial charge in [-0.3, -0.25) is 9.59 Å². The molecule has 0 unspecified atom stereocenters. The Bertz CT molecular complexity index is 1060. The van der Waals surface area contributed by atoms with Gasteiger partial charge in [-0.15, -0.1) is 0 Å². The number of ether oxygens (including phenoxy) is 1. The maximum atomic E-state index is 12.3. The lowest BCUT2D eigenvalue weighted by molar-refractivity contribution is -0.147. The number of oxazole rings is 1. The van der Waals surface area contributed by atoms with Gasteiger partial charge in [0.2, 0.25) is 11.8 Å². The summed E-state index contributed by atoms with van der Waals surface area (Å²) in [5.74, 6) is -0.468. The molecule has 0 N–H and O–H groups in total. The number of hydrogen-bond donors (Lipinski definition) is 0. The quantitative estimate of drug-likeness (QED) is 0.573. The highest BCUT2D eigenvalue weighted by atomic mass is 35.5. The summed E-state index contributed by atoms with van der Waals surface area (Å²) >= 11 is 12.2. The lowest BCUT2D eigenvalue weighted by atomic mass is 10.1. The van der Waals surface area contributed by atoms with Crippen molar-refractivity contribution in [1.82, 2.24) is 4.98 Å². The number of esters is 1. The van der Waals surface area contributed by atoms with E-state index < -0.39 is 5.92 Å². The van der Waals surface area contributed by atoms with Gasteiger partial charge in [0.05, 0.1) is 17.5 Å². The molecule has 2 aromatic carbocycles. The van der Waals surface area contributed by atoms with E-state index in [0.717, 1.165) is 5.56 Å². The molecule has 1 fully saturated rings. The predicted molar refractivity (Wildman–Crippen MR) is 107 cm³/mol. The normalized spacial score (nSPS) is 16.8. The number of carbonyl (C=O) groups is 2. The minimum absolute atomic E-state index is 0.103. The predicted octanol–water partition coefficient (Wildman–Crippen LogP) is 4.72. The second kappa shape index (κ2) is 7.45. The van der Waals surface area contributed by atoms with E-state index in [1.54, 1.807) is 48.2 Å². The van der Waals surface area contributed by atoms with Crippen molar-refractivity contribution in [2.45, 2.75) is 13.3 Å². The molecule has 1 atom stereocenters. The average Bonchev–Trinajstić information content (AvgIpc) is 3.26. The highest BCUT2D eigenvalue weighted by Crippen LogP contribution is 2.33. The van der Waals surface area contributed by atoms with Crippen LogP contribution in [0.2, 0.25) is 10.0 Å². The van der Waals surface area contributed by atoms with Crippen molar-refractivity contribution in [3.8, 4) is 11.5 Å². The number of nitrogens with zero attached hydrogens (tertiary/aromatic N) is 2. The van der Waals surface area contributed by atoms with E-state index in [1.165, 1.54) is 0 Å². The fourth-order valence-corrected chi connectivity index (χ4v) is 3.76. The van der Waals surface area contributed by atoms with Crippen molar-refractivity contribution in [1.29, 1.82) is 0 Å². The third kappa shape index (κ3) is 3.45. The second-order valence-electron chi connectivity index (χ2n) is 6.46. The van der Waals surface area contributed by atoms with Crippen LogP contribution in [0.15, 0.2) is 40.8 Å². The van der Waals surface area contributed by atoms with Gasteiger partial charge in [-0.05, 0) is 43.3 Å². The molecule has 0 saturated carbocycles. The van der Waals surface area contributed by atoms with E-state index >= 15 is 0 Å². The van der Waals surface area contributed by atoms with E-state index in [1.807, 2.05) is 0 Å². The molecule has 0 bridgehead atoms. The van der Waals surface area contributed by atoms with Crippen LogP contribution in [0.4, 0.5) is 5.69 Å². The first-order chi connectivity index (χ1) is 13.5. The number of carbonyl (C=O) groups excluding carboxylic acids is 2. The zero-order valence-electron chi connectivity index (χ0n) is 14.9. The van der Waals surface area contributed by atoms with Crippen molar-refractivity contribution in [2.24, 2.45) is 5.92 Å². The Hall–Kier alpha value is -2.57. The summed E-state index contributed by atoms with van der Waals surface area (Å²) in [4.78, 5) is 30.2. The van der Waals surface area contributed by atoms with Gasteiger partial charge in [-0.1, -0.05) is 23.2 Å². The van der Waals surface area contributed by atoms with Crippen molar-refractivity contribution in [3.63, 3.8) is 0 Å². The fourth-order valence-electron chi connectivity index (χ4n) is 3.24. The first kappa shape index (κ1) is 18.8. The maximum absolute atomic E-state index is 12.3. The van der Waals surface area contributed by atoms with Crippen LogP contribution in [0.3, 0.4) is 0 Å². The largest absolute Gasteiger partial charge is 0.466 e. The molecule has 144 valence electrons. The summed E-state index contributed by atoms with van der Waals surface area (Å²) in [6.45, 7) is 2.37. The summed E-state index contributed by atoms with van der Waals surface area (Å²) in [5.41, 5.74) is 2.49. The zero-order valence-corrected chi connectivity index (χ0v) is 16.5. The van der Waals surface area contributed by atoms with E-state index in [0.29, 0.717) is 45.9 Å². The van der Waals surface area contributed by atoms with E-state index in [2.05, 4.69) is 4.98 Å². The number of rotatable bonds is 4. The monoisotopic (exact) mass is 418 g/mol. The molecule has 6 nitrogen and oxygen atoms in total. The molecule has 1 amide bonds. The average molecular weight is 419 g/mol. The number of anilines is 1. The molecule has 3 aromatic rings. The van der Waals surface area contributed by atoms with Gasteiger partial charge in [0.15, 0.2) is 5.58 Å². The van der Waals surface area contributed by atoms with E-state index in [9.17, 15) is 9.59 Å². The van der Waals surface area contributed by atoms with Crippen LogP contribution in [0.1, 0.15) is 13.3 Å².